The number of anilines is 1. The van der Waals surface area contributed by atoms with Gasteiger partial charge in [-0.25, -0.2) is 9.37 Å². The molecule has 6 nitrogen and oxygen atoms in total. The number of H-pyrrole nitrogens is 1. The van der Waals surface area contributed by atoms with Gasteiger partial charge in [-0.3, -0.25) is 9.59 Å². The number of fused-ring (bicyclic) bond motifs is 1. The number of nitrogens with one attached hydrogen (secondary N) is 2. The highest BCUT2D eigenvalue weighted by Crippen LogP contribution is 2.24. The number of benzene rings is 1. The minimum absolute atomic E-state index is 0.0475. The third-order valence-electron chi connectivity index (χ3n) is 3.63. The lowest BCUT2D eigenvalue weighted by Crippen LogP contribution is -2.31. The van der Waals surface area contributed by atoms with Gasteiger partial charge in [-0.1, -0.05) is 6.92 Å². The van der Waals surface area contributed by atoms with Crippen LogP contribution in [0.3, 0.4) is 0 Å². The average Bonchev–Trinajstić information content (AvgIpc) is 2.87. The molecule has 0 radical (unpaired) electrons. The number of aromatic amines is 1. The minimum Gasteiger partial charge on any atom is -0.368 e. The van der Waals surface area contributed by atoms with Crippen molar-refractivity contribution in [2.24, 2.45) is 5.92 Å². The van der Waals surface area contributed by atoms with E-state index in [1.807, 2.05) is 6.92 Å². The molecule has 2 heterocycles. The van der Waals surface area contributed by atoms with Gasteiger partial charge in [-0.15, -0.1) is 0 Å². The molecule has 1 aromatic heterocycles. The second kappa shape index (κ2) is 5.25. The number of carbonyl (C=O) groups excluding carboxylic acids is 1. The van der Waals surface area contributed by atoms with Crippen molar-refractivity contribution in [3.05, 3.63) is 34.6 Å². The zero-order chi connectivity index (χ0) is 15.0. The molecular weight excluding hydrogens is 277 g/mol. The van der Waals surface area contributed by atoms with Crippen LogP contribution in [-0.2, 0) is 9.53 Å². The number of halogens is 1. The van der Waals surface area contributed by atoms with Crippen molar-refractivity contribution in [2.45, 2.75) is 19.4 Å². The van der Waals surface area contributed by atoms with Crippen LogP contribution in [0.25, 0.3) is 10.9 Å². The molecule has 0 spiro atoms. The number of amides is 1. The average molecular weight is 291 g/mol. The molecular formula is C14H14FN3O3. The van der Waals surface area contributed by atoms with Crippen LogP contribution in [0.4, 0.5) is 10.1 Å². The Hall–Kier alpha value is -2.28. The fourth-order valence-corrected chi connectivity index (χ4v) is 2.42. The maximum absolute atomic E-state index is 14.0. The Morgan fingerprint density at radius 2 is 2.33 bits per heavy atom. The highest BCUT2D eigenvalue weighted by Gasteiger charge is 2.31. The molecule has 2 atom stereocenters. The Morgan fingerprint density at radius 1 is 1.52 bits per heavy atom. The summed E-state index contributed by atoms with van der Waals surface area (Å²) in [5.74, 6) is -0.961. The van der Waals surface area contributed by atoms with Gasteiger partial charge in [0.2, 0.25) is 0 Å². The van der Waals surface area contributed by atoms with Crippen LogP contribution >= 0.6 is 0 Å². The molecule has 2 N–H and O–H groups in total. The summed E-state index contributed by atoms with van der Waals surface area (Å²) in [4.78, 5) is 30.1. The van der Waals surface area contributed by atoms with Crippen LogP contribution in [0, 0.1) is 11.7 Å². The van der Waals surface area contributed by atoms with Crippen molar-refractivity contribution in [3.63, 3.8) is 0 Å². The molecule has 110 valence electrons. The van der Waals surface area contributed by atoms with E-state index in [9.17, 15) is 14.0 Å². The van der Waals surface area contributed by atoms with Crippen LogP contribution in [-0.4, -0.2) is 28.6 Å². The van der Waals surface area contributed by atoms with E-state index in [1.165, 1.54) is 12.4 Å². The lowest BCUT2D eigenvalue weighted by molar-refractivity contribution is -0.126. The normalized spacial score (nSPS) is 21.6. The number of rotatable bonds is 2. The minimum atomic E-state index is -0.639. The van der Waals surface area contributed by atoms with Gasteiger partial charge in [0.05, 0.1) is 22.9 Å². The number of carbonyl (C=O) groups is 1. The monoisotopic (exact) mass is 291 g/mol. The standard InChI is InChI=1S/C14H14FN3O3/c1-7-2-3-21-12(7)14(20)18-11-4-8-10(5-9(11)15)16-6-17-13(8)19/h4-7,12H,2-3H2,1H3,(H,18,20)(H,16,17,19)/t7-,12-/m1/s1. The molecule has 1 aliphatic rings. The highest BCUT2D eigenvalue weighted by molar-refractivity contribution is 5.96. The van der Waals surface area contributed by atoms with Gasteiger partial charge in [0, 0.05) is 12.7 Å². The Labute approximate surface area is 119 Å². The van der Waals surface area contributed by atoms with E-state index in [0.717, 1.165) is 12.5 Å². The Kier molecular flexibility index (Phi) is 3.42. The molecule has 0 bridgehead atoms. The summed E-state index contributed by atoms with van der Waals surface area (Å²) in [6.07, 6.45) is 1.41. The fourth-order valence-electron chi connectivity index (χ4n) is 2.42. The van der Waals surface area contributed by atoms with Gasteiger partial charge < -0.3 is 15.0 Å². The van der Waals surface area contributed by atoms with Crippen LogP contribution in [0.15, 0.2) is 23.3 Å². The van der Waals surface area contributed by atoms with Crippen molar-refractivity contribution in [3.8, 4) is 0 Å². The Bertz CT molecular complexity index is 759. The van der Waals surface area contributed by atoms with Gasteiger partial charge >= 0.3 is 0 Å². The molecule has 7 heteroatoms. The molecule has 1 fully saturated rings. The number of ether oxygens (including phenoxy) is 1. The molecule has 0 saturated carbocycles. The molecule has 1 saturated heterocycles. The van der Waals surface area contributed by atoms with E-state index in [4.69, 9.17) is 4.74 Å². The van der Waals surface area contributed by atoms with E-state index in [1.54, 1.807) is 0 Å². The van der Waals surface area contributed by atoms with Crippen LogP contribution < -0.4 is 10.9 Å². The summed E-state index contributed by atoms with van der Waals surface area (Å²) >= 11 is 0. The van der Waals surface area contributed by atoms with Crippen molar-refractivity contribution in [2.75, 3.05) is 11.9 Å². The van der Waals surface area contributed by atoms with Crippen LogP contribution in [0.1, 0.15) is 13.3 Å². The molecule has 0 aliphatic carbocycles. The summed E-state index contributed by atoms with van der Waals surface area (Å²) < 4.78 is 19.3. The number of hydrogen-bond acceptors (Lipinski definition) is 4. The molecule has 21 heavy (non-hydrogen) atoms. The Balaban J connectivity index is 1.93. The third kappa shape index (κ3) is 2.52. The molecule has 1 amide bonds. The maximum Gasteiger partial charge on any atom is 0.258 e. The second-order valence-corrected chi connectivity index (χ2v) is 5.13. The number of aromatic nitrogens is 2. The topological polar surface area (TPSA) is 84.1 Å². The summed E-state index contributed by atoms with van der Waals surface area (Å²) in [6.45, 7) is 2.42. The van der Waals surface area contributed by atoms with E-state index < -0.39 is 17.8 Å². The number of hydrogen-bond donors (Lipinski definition) is 2. The summed E-state index contributed by atoms with van der Waals surface area (Å²) in [6, 6.07) is 2.41. The van der Waals surface area contributed by atoms with E-state index in [2.05, 4.69) is 15.3 Å². The van der Waals surface area contributed by atoms with Gasteiger partial charge in [0.1, 0.15) is 11.9 Å². The Morgan fingerprint density at radius 3 is 3.05 bits per heavy atom. The van der Waals surface area contributed by atoms with Gasteiger partial charge in [0.25, 0.3) is 11.5 Å². The molecule has 1 aromatic carbocycles. The SMILES string of the molecule is C[C@@H]1CCO[C@H]1C(=O)Nc1cc2c(=O)[nH]cnc2cc1F. The summed E-state index contributed by atoms with van der Waals surface area (Å²) in [7, 11) is 0. The zero-order valence-corrected chi connectivity index (χ0v) is 11.4. The van der Waals surface area contributed by atoms with Crippen molar-refractivity contribution >= 4 is 22.5 Å². The first-order chi connectivity index (χ1) is 10.1. The largest absolute Gasteiger partial charge is 0.368 e. The van der Waals surface area contributed by atoms with Crippen LogP contribution in [0.5, 0.6) is 0 Å². The van der Waals surface area contributed by atoms with Crippen molar-refractivity contribution in [1.82, 2.24) is 9.97 Å². The van der Waals surface area contributed by atoms with E-state index in [-0.39, 0.29) is 28.1 Å². The quantitative estimate of drug-likeness (QED) is 0.876. The molecule has 1 aliphatic heterocycles. The lowest BCUT2D eigenvalue weighted by atomic mass is 10.0. The van der Waals surface area contributed by atoms with Crippen LogP contribution in [0.2, 0.25) is 0 Å². The fraction of sp³-hybridized carbons (Fsp3) is 0.357. The lowest BCUT2D eigenvalue weighted by Gasteiger charge is -2.15. The predicted octanol–water partition coefficient (Wildman–Crippen LogP) is 1.43. The number of nitrogens with zero attached hydrogens (tertiary/aromatic N) is 1. The summed E-state index contributed by atoms with van der Waals surface area (Å²) in [5.41, 5.74) is -0.200. The smallest absolute Gasteiger partial charge is 0.258 e. The van der Waals surface area contributed by atoms with E-state index >= 15 is 0 Å². The predicted molar refractivity (Wildman–Crippen MR) is 74.5 cm³/mol. The zero-order valence-electron chi connectivity index (χ0n) is 11.4. The van der Waals surface area contributed by atoms with Crippen molar-refractivity contribution in [1.29, 1.82) is 0 Å². The molecule has 3 rings (SSSR count). The van der Waals surface area contributed by atoms with Gasteiger partial charge in [-0.2, -0.15) is 0 Å². The van der Waals surface area contributed by atoms with Gasteiger partial charge in [0.15, 0.2) is 0 Å². The molecule has 2 aromatic rings. The van der Waals surface area contributed by atoms with Gasteiger partial charge in [-0.05, 0) is 18.4 Å². The maximum atomic E-state index is 14.0. The molecule has 0 unspecified atom stereocenters. The first-order valence-corrected chi connectivity index (χ1v) is 6.65. The second-order valence-electron chi connectivity index (χ2n) is 5.13. The summed E-state index contributed by atoms with van der Waals surface area (Å²) in [5, 5.41) is 2.70. The van der Waals surface area contributed by atoms with Crippen molar-refractivity contribution < 1.29 is 13.9 Å². The first-order valence-electron chi connectivity index (χ1n) is 6.65. The third-order valence-corrected chi connectivity index (χ3v) is 3.63. The first kappa shape index (κ1) is 13.7. The van der Waals surface area contributed by atoms with E-state index in [0.29, 0.717) is 6.61 Å². The highest BCUT2D eigenvalue weighted by atomic mass is 19.1.